The predicted molar refractivity (Wildman–Crippen MR) is 114 cm³/mol. The van der Waals surface area contributed by atoms with Crippen molar-refractivity contribution in [3.63, 3.8) is 0 Å². The summed E-state index contributed by atoms with van der Waals surface area (Å²) >= 11 is 0. The summed E-state index contributed by atoms with van der Waals surface area (Å²) in [6, 6.07) is 2.13. The van der Waals surface area contributed by atoms with Crippen LogP contribution in [0.3, 0.4) is 0 Å². The first-order valence-corrected chi connectivity index (χ1v) is 10.9. The second kappa shape index (κ2) is 6.82. The molecule has 0 aromatic carbocycles. The number of rotatable bonds is 4. The first-order chi connectivity index (χ1) is 14.0. The van der Waals surface area contributed by atoms with E-state index < -0.39 is 0 Å². The largest absolute Gasteiger partial charge is 0.355 e. The normalized spacial score (nSPS) is 23.5. The van der Waals surface area contributed by atoms with Gasteiger partial charge in [-0.15, -0.1) is 0 Å². The Morgan fingerprint density at radius 3 is 2.79 bits per heavy atom. The molecule has 154 valence electrons. The van der Waals surface area contributed by atoms with E-state index in [9.17, 15) is 4.79 Å². The van der Waals surface area contributed by atoms with Crippen LogP contribution in [0.15, 0.2) is 10.9 Å². The number of hydrogen-bond acceptors (Lipinski definition) is 6. The maximum absolute atomic E-state index is 12.7. The van der Waals surface area contributed by atoms with Gasteiger partial charge in [-0.1, -0.05) is 6.92 Å². The quantitative estimate of drug-likeness (QED) is 0.859. The minimum Gasteiger partial charge on any atom is -0.355 e. The molecule has 1 spiro atoms. The Kier molecular flexibility index (Phi) is 4.37. The third-order valence-electron chi connectivity index (χ3n) is 6.77. The van der Waals surface area contributed by atoms with Crippen molar-refractivity contribution in [1.82, 2.24) is 19.9 Å². The molecule has 1 aliphatic heterocycles. The predicted octanol–water partition coefficient (Wildman–Crippen LogP) is 2.55. The van der Waals surface area contributed by atoms with Gasteiger partial charge in [-0.25, -0.2) is 9.97 Å². The van der Waals surface area contributed by atoms with E-state index in [1.54, 1.807) is 0 Å². The van der Waals surface area contributed by atoms with Gasteiger partial charge in [-0.05, 0) is 44.9 Å². The van der Waals surface area contributed by atoms with E-state index in [1.807, 2.05) is 19.0 Å². The number of H-pyrrole nitrogens is 1. The Morgan fingerprint density at radius 2 is 2.07 bits per heavy atom. The van der Waals surface area contributed by atoms with Crippen LogP contribution in [0, 0.1) is 0 Å². The van der Waals surface area contributed by atoms with Crippen LogP contribution in [0.4, 0.5) is 11.8 Å². The molecule has 2 fully saturated rings. The van der Waals surface area contributed by atoms with Gasteiger partial charge in [0.1, 0.15) is 11.6 Å². The highest BCUT2D eigenvalue weighted by Crippen LogP contribution is 2.45. The van der Waals surface area contributed by atoms with Gasteiger partial charge in [-0.3, -0.25) is 4.79 Å². The summed E-state index contributed by atoms with van der Waals surface area (Å²) in [6.45, 7) is 4.00. The molecule has 7 nitrogen and oxygen atoms in total. The molecule has 3 aliphatic rings. The first kappa shape index (κ1) is 18.6. The highest BCUT2D eigenvalue weighted by atomic mass is 16.1. The van der Waals surface area contributed by atoms with Gasteiger partial charge in [0.05, 0.1) is 5.69 Å². The summed E-state index contributed by atoms with van der Waals surface area (Å²) in [7, 11) is 3.97. The molecule has 0 bridgehead atoms. The van der Waals surface area contributed by atoms with E-state index in [1.165, 1.54) is 0 Å². The lowest BCUT2D eigenvalue weighted by Crippen LogP contribution is -2.46. The number of aromatic amines is 1. The molecule has 2 aromatic rings. The molecular formula is C22H30N6O. The van der Waals surface area contributed by atoms with Crippen LogP contribution < -0.4 is 15.4 Å². The lowest BCUT2D eigenvalue weighted by atomic mass is 9.77. The second-order valence-electron chi connectivity index (χ2n) is 9.12. The molecule has 0 amide bonds. The van der Waals surface area contributed by atoms with E-state index in [0.29, 0.717) is 5.92 Å². The fourth-order valence-electron chi connectivity index (χ4n) is 4.96. The minimum atomic E-state index is -0.0267. The zero-order chi connectivity index (χ0) is 20.2. The van der Waals surface area contributed by atoms with E-state index in [2.05, 4.69) is 27.9 Å². The van der Waals surface area contributed by atoms with Gasteiger partial charge in [0.2, 0.25) is 5.95 Å². The Bertz CT molecular complexity index is 995. The number of aromatic nitrogens is 4. The summed E-state index contributed by atoms with van der Waals surface area (Å²) in [5.41, 5.74) is 3.13. The molecule has 1 atom stereocenters. The fourth-order valence-corrected chi connectivity index (χ4v) is 4.96. The van der Waals surface area contributed by atoms with Gasteiger partial charge in [0, 0.05) is 55.8 Å². The third-order valence-corrected chi connectivity index (χ3v) is 6.77. The third kappa shape index (κ3) is 3.20. The zero-order valence-corrected chi connectivity index (χ0v) is 17.7. The van der Waals surface area contributed by atoms with Gasteiger partial charge < -0.3 is 14.8 Å². The number of piperidine rings is 1. The molecule has 1 unspecified atom stereocenters. The number of nitrogens with zero attached hydrogens (tertiary/aromatic N) is 5. The van der Waals surface area contributed by atoms with Crippen LogP contribution in [0.5, 0.6) is 0 Å². The Balaban J connectivity index is 1.52. The molecule has 0 radical (unpaired) electrons. The van der Waals surface area contributed by atoms with Crippen LogP contribution in [0.2, 0.25) is 0 Å². The molecule has 3 heterocycles. The highest BCUT2D eigenvalue weighted by Gasteiger charge is 2.45. The summed E-state index contributed by atoms with van der Waals surface area (Å²) < 4.78 is 0. The van der Waals surface area contributed by atoms with Gasteiger partial charge in [-0.2, -0.15) is 4.98 Å². The highest BCUT2D eigenvalue weighted by molar-refractivity contribution is 5.48. The number of aryl methyl sites for hydroxylation is 1. The number of nitrogens with one attached hydrogen (secondary N) is 1. The molecule has 1 saturated carbocycles. The van der Waals surface area contributed by atoms with E-state index in [-0.39, 0.29) is 11.0 Å². The summed E-state index contributed by atoms with van der Waals surface area (Å²) in [4.78, 5) is 34.7. The monoisotopic (exact) mass is 394 g/mol. The van der Waals surface area contributed by atoms with Crippen LogP contribution in [-0.4, -0.2) is 47.1 Å². The van der Waals surface area contributed by atoms with Gasteiger partial charge in [0.15, 0.2) is 0 Å². The molecule has 2 aliphatic carbocycles. The first-order valence-electron chi connectivity index (χ1n) is 10.9. The van der Waals surface area contributed by atoms with Crippen molar-refractivity contribution in [1.29, 1.82) is 0 Å². The molecule has 1 saturated heterocycles. The lowest BCUT2D eigenvalue weighted by molar-refractivity contribution is 0.332. The summed E-state index contributed by atoms with van der Waals surface area (Å²) in [6.07, 6.45) is 7.22. The lowest BCUT2D eigenvalue weighted by Gasteiger charge is -2.41. The van der Waals surface area contributed by atoms with Crippen LogP contribution >= 0.6 is 0 Å². The summed E-state index contributed by atoms with van der Waals surface area (Å²) in [5, 5.41) is 0. The maximum atomic E-state index is 12.7. The van der Waals surface area contributed by atoms with Crippen molar-refractivity contribution in [3.8, 4) is 0 Å². The van der Waals surface area contributed by atoms with Crippen molar-refractivity contribution >= 4 is 11.8 Å². The van der Waals surface area contributed by atoms with E-state index in [4.69, 9.17) is 9.97 Å². The Labute approximate surface area is 171 Å². The van der Waals surface area contributed by atoms with Crippen LogP contribution in [-0.2, 0) is 18.3 Å². The van der Waals surface area contributed by atoms with Crippen molar-refractivity contribution < 1.29 is 0 Å². The number of fused-ring (bicyclic) bond motifs is 2. The Hall–Kier alpha value is -2.44. The topological polar surface area (TPSA) is 78.0 Å². The molecule has 2 aromatic heterocycles. The molecule has 7 heteroatoms. The minimum absolute atomic E-state index is 0.0267. The smallest absolute Gasteiger partial charge is 0.254 e. The molecular weight excluding hydrogens is 364 g/mol. The van der Waals surface area contributed by atoms with E-state index in [0.717, 1.165) is 92.6 Å². The summed E-state index contributed by atoms with van der Waals surface area (Å²) in [5.74, 6) is 3.14. The molecule has 5 rings (SSSR count). The van der Waals surface area contributed by atoms with Gasteiger partial charge >= 0.3 is 0 Å². The number of hydrogen-bond donors (Lipinski definition) is 1. The van der Waals surface area contributed by atoms with Crippen molar-refractivity contribution in [2.24, 2.45) is 0 Å². The maximum Gasteiger partial charge on any atom is 0.254 e. The Morgan fingerprint density at radius 1 is 1.24 bits per heavy atom. The molecule has 1 N–H and O–H groups in total. The fraction of sp³-hybridized carbons (Fsp3) is 0.636. The standard InChI is InChI=1S/C22H30N6O/c1-4-15-12-17(24-21(23-15)27(2)3)28-11-5-9-22(13-28)10-8-16-18(22)25-19(14-6-7-14)26-20(16)29/h12,14H,4-11,13H2,1-3H3,(H,25,26,29). The molecule has 29 heavy (non-hydrogen) atoms. The SMILES string of the molecule is CCc1cc(N2CCCC3(CCc4c3nc(C3CC3)[nH]c4=O)C2)nc(N(C)C)n1. The number of anilines is 2. The van der Waals surface area contributed by atoms with Gasteiger partial charge in [0.25, 0.3) is 5.56 Å². The van der Waals surface area contributed by atoms with Crippen molar-refractivity contribution in [2.45, 2.75) is 63.2 Å². The average molecular weight is 395 g/mol. The van der Waals surface area contributed by atoms with Crippen LogP contribution in [0.1, 0.15) is 67.7 Å². The van der Waals surface area contributed by atoms with Crippen LogP contribution in [0.25, 0.3) is 0 Å². The van der Waals surface area contributed by atoms with Crippen molar-refractivity contribution in [3.05, 3.63) is 39.2 Å². The zero-order valence-electron chi connectivity index (χ0n) is 17.7. The van der Waals surface area contributed by atoms with E-state index >= 15 is 0 Å². The second-order valence-corrected chi connectivity index (χ2v) is 9.12. The average Bonchev–Trinajstić information content (AvgIpc) is 3.52. The van der Waals surface area contributed by atoms with Crippen molar-refractivity contribution in [2.75, 3.05) is 37.0 Å².